The van der Waals surface area contributed by atoms with Crippen molar-refractivity contribution in [2.24, 2.45) is 0 Å². The summed E-state index contributed by atoms with van der Waals surface area (Å²) in [4.78, 5) is 26.2. The number of amides is 1. The van der Waals surface area contributed by atoms with Gasteiger partial charge in [0, 0.05) is 17.5 Å². The third-order valence-electron chi connectivity index (χ3n) is 6.28. The Hall–Kier alpha value is -3.32. The van der Waals surface area contributed by atoms with Crippen LogP contribution in [0, 0.1) is 6.92 Å². The Labute approximate surface area is 188 Å². The third-order valence-corrected chi connectivity index (χ3v) is 6.59. The zero-order valence-electron chi connectivity index (χ0n) is 17.5. The molecule has 8 heteroatoms. The Balaban J connectivity index is 1.54. The second-order valence-electron chi connectivity index (χ2n) is 8.28. The first-order valence-electron chi connectivity index (χ1n) is 10.6. The highest BCUT2D eigenvalue weighted by Gasteiger charge is 2.29. The van der Waals surface area contributed by atoms with Crippen LogP contribution in [0.15, 0.2) is 51.8 Å². The lowest BCUT2D eigenvalue weighted by molar-refractivity contribution is 0.0918. The van der Waals surface area contributed by atoms with E-state index in [4.69, 9.17) is 16.1 Å². The maximum absolute atomic E-state index is 13.5. The number of halogens is 1. The van der Waals surface area contributed by atoms with Gasteiger partial charge < -0.3 is 19.5 Å². The van der Waals surface area contributed by atoms with Gasteiger partial charge in [-0.25, -0.2) is 0 Å². The van der Waals surface area contributed by atoms with Crippen LogP contribution in [0.5, 0.6) is 5.75 Å². The number of benzene rings is 2. The fourth-order valence-corrected chi connectivity index (χ4v) is 5.05. The molecule has 7 nitrogen and oxygen atoms in total. The maximum atomic E-state index is 13.5. The molecule has 164 valence electrons. The number of hydrogen-bond acceptors (Lipinski definition) is 5. The Kier molecular flexibility index (Phi) is 5.13. The lowest BCUT2D eigenvalue weighted by Gasteiger charge is -2.32. The molecule has 0 bridgehead atoms. The molecule has 2 N–H and O–H groups in total. The fourth-order valence-electron chi connectivity index (χ4n) is 4.79. The molecule has 5 rings (SSSR count). The molecule has 2 unspecified atom stereocenters. The van der Waals surface area contributed by atoms with Gasteiger partial charge >= 0.3 is 0 Å². The molecule has 1 fully saturated rings. The van der Waals surface area contributed by atoms with Crippen molar-refractivity contribution in [3.05, 3.63) is 69.2 Å². The predicted molar refractivity (Wildman–Crippen MR) is 122 cm³/mol. The molecule has 0 spiro atoms. The van der Waals surface area contributed by atoms with Crippen LogP contribution in [0.3, 0.4) is 0 Å². The van der Waals surface area contributed by atoms with E-state index in [-0.39, 0.29) is 34.9 Å². The normalized spacial score (nSPS) is 18.8. The second-order valence-corrected chi connectivity index (χ2v) is 8.69. The van der Waals surface area contributed by atoms with Crippen LogP contribution >= 0.6 is 11.6 Å². The van der Waals surface area contributed by atoms with Gasteiger partial charge in [0.1, 0.15) is 22.4 Å². The maximum Gasteiger partial charge on any atom is 0.264 e. The monoisotopic (exact) mass is 451 g/mol. The number of nitrogens with one attached hydrogen (secondary N) is 1. The van der Waals surface area contributed by atoms with Crippen molar-refractivity contribution < 1.29 is 14.4 Å². The summed E-state index contributed by atoms with van der Waals surface area (Å²) in [7, 11) is 0. The van der Waals surface area contributed by atoms with Crippen molar-refractivity contribution in [1.82, 2.24) is 15.0 Å². The zero-order valence-corrected chi connectivity index (χ0v) is 18.2. The minimum absolute atomic E-state index is 0.0531. The number of pyridine rings is 1. The fraction of sp³-hybridized carbons (Fsp3) is 0.292. The summed E-state index contributed by atoms with van der Waals surface area (Å²) in [5.74, 6) is 0.0858. The van der Waals surface area contributed by atoms with Crippen LogP contribution in [-0.2, 0) is 0 Å². The molecule has 1 aliphatic carbocycles. The molecule has 1 saturated carbocycles. The Morgan fingerprint density at radius 3 is 2.81 bits per heavy atom. The highest BCUT2D eigenvalue weighted by molar-refractivity contribution is 6.37. The number of carbonyl (C=O) groups excluding carboxylic acids is 1. The van der Waals surface area contributed by atoms with Crippen molar-refractivity contribution in [1.29, 1.82) is 0 Å². The van der Waals surface area contributed by atoms with Crippen molar-refractivity contribution in [2.75, 3.05) is 0 Å². The van der Waals surface area contributed by atoms with E-state index in [0.717, 1.165) is 19.3 Å². The first-order chi connectivity index (χ1) is 15.5. The van der Waals surface area contributed by atoms with Gasteiger partial charge in [-0.1, -0.05) is 35.0 Å². The molecule has 4 aromatic rings. The largest absolute Gasteiger partial charge is 0.507 e. The van der Waals surface area contributed by atoms with Gasteiger partial charge in [-0.15, -0.1) is 0 Å². The Morgan fingerprint density at radius 1 is 1.19 bits per heavy atom. The van der Waals surface area contributed by atoms with Crippen LogP contribution in [0.25, 0.3) is 21.8 Å². The average molecular weight is 452 g/mol. The highest BCUT2D eigenvalue weighted by Crippen LogP contribution is 2.35. The summed E-state index contributed by atoms with van der Waals surface area (Å²) in [5, 5.41) is 18.8. The minimum Gasteiger partial charge on any atom is -0.507 e. The van der Waals surface area contributed by atoms with E-state index in [1.165, 1.54) is 6.07 Å². The zero-order chi connectivity index (χ0) is 22.4. The van der Waals surface area contributed by atoms with Crippen LogP contribution in [-0.4, -0.2) is 26.8 Å². The number of aromatic hydroxyl groups is 1. The number of nitrogens with zero attached hydrogens (tertiary/aromatic N) is 2. The lowest BCUT2D eigenvalue weighted by atomic mass is 9.90. The van der Waals surface area contributed by atoms with Crippen LogP contribution in [0.4, 0.5) is 0 Å². The molecule has 2 aromatic carbocycles. The number of carbonyl (C=O) groups is 1. The number of phenols is 1. The van der Waals surface area contributed by atoms with Gasteiger partial charge in [-0.3, -0.25) is 9.59 Å². The molecule has 2 aromatic heterocycles. The minimum atomic E-state index is -0.320. The molecular weight excluding hydrogens is 430 g/mol. The third kappa shape index (κ3) is 3.33. The number of phenolic OH excluding ortho intramolecular Hbond substituents is 1. The van der Waals surface area contributed by atoms with Crippen LogP contribution < -0.4 is 10.9 Å². The van der Waals surface area contributed by atoms with Gasteiger partial charge in [0.2, 0.25) is 0 Å². The van der Waals surface area contributed by atoms with Crippen molar-refractivity contribution in [3.63, 3.8) is 0 Å². The number of para-hydroxylation sites is 1. The van der Waals surface area contributed by atoms with E-state index in [2.05, 4.69) is 10.5 Å². The second kappa shape index (κ2) is 7.98. The van der Waals surface area contributed by atoms with E-state index >= 15 is 0 Å². The quantitative estimate of drug-likeness (QED) is 0.469. The van der Waals surface area contributed by atoms with E-state index in [1.807, 2.05) is 12.1 Å². The average Bonchev–Trinajstić information content (AvgIpc) is 3.16. The summed E-state index contributed by atoms with van der Waals surface area (Å²) in [6.07, 6.45) is 3.06. The summed E-state index contributed by atoms with van der Waals surface area (Å²) < 4.78 is 7.12. The van der Waals surface area contributed by atoms with E-state index in [0.29, 0.717) is 39.0 Å². The highest BCUT2D eigenvalue weighted by atomic mass is 35.5. The molecule has 0 radical (unpaired) electrons. The van der Waals surface area contributed by atoms with Gasteiger partial charge in [0.25, 0.3) is 11.5 Å². The SMILES string of the molecule is Cc1onc2c1c(=O)n(C1CCCC(NC(=O)c3ccccc3O)C1)c1cccc(Cl)c21. The molecule has 2 atom stereocenters. The van der Waals surface area contributed by atoms with Gasteiger partial charge in [0.15, 0.2) is 0 Å². The summed E-state index contributed by atoms with van der Waals surface area (Å²) in [6, 6.07) is 11.7. The van der Waals surface area contributed by atoms with Gasteiger partial charge in [-0.2, -0.15) is 0 Å². The van der Waals surface area contributed by atoms with E-state index in [9.17, 15) is 14.7 Å². The number of fused-ring (bicyclic) bond motifs is 3. The van der Waals surface area contributed by atoms with Gasteiger partial charge in [0.05, 0.1) is 16.1 Å². The summed E-state index contributed by atoms with van der Waals surface area (Å²) in [6.45, 7) is 1.72. The van der Waals surface area contributed by atoms with Crippen LogP contribution in [0.2, 0.25) is 5.02 Å². The van der Waals surface area contributed by atoms with E-state index < -0.39 is 0 Å². The molecule has 1 amide bonds. The first-order valence-corrected chi connectivity index (χ1v) is 11.0. The smallest absolute Gasteiger partial charge is 0.264 e. The number of rotatable bonds is 3. The Bertz CT molecular complexity index is 1410. The van der Waals surface area contributed by atoms with E-state index in [1.54, 1.807) is 35.8 Å². The summed E-state index contributed by atoms with van der Waals surface area (Å²) >= 11 is 6.51. The van der Waals surface area contributed by atoms with Crippen molar-refractivity contribution in [3.8, 4) is 5.75 Å². The molecule has 0 saturated heterocycles. The summed E-state index contributed by atoms with van der Waals surface area (Å²) in [5.41, 5.74) is 1.27. The Morgan fingerprint density at radius 2 is 2.00 bits per heavy atom. The first kappa shape index (κ1) is 20.6. The number of aromatic nitrogens is 2. The topological polar surface area (TPSA) is 97.4 Å². The van der Waals surface area contributed by atoms with Gasteiger partial charge in [-0.05, 0) is 56.9 Å². The predicted octanol–water partition coefficient (Wildman–Crippen LogP) is 4.72. The number of aryl methyl sites for hydroxylation is 1. The molecule has 32 heavy (non-hydrogen) atoms. The molecular formula is C24H22ClN3O4. The standard InChI is InChI=1S/C24H22ClN3O4/c1-13-20-22(27-32-13)21-17(25)9-5-10-18(21)28(24(20)31)15-7-4-6-14(12-15)26-23(30)16-8-2-3-11-19(16)29/h2-3,5,8-11,14-15,29H,4,6-7,12H2,1H3,(H,26,30). The van der Waals surface area contributed by atoms with Crippen molar-refractivity contribution >= 4 is 39.3 Å². The lowest BCUT2D eigenvalue weighted by Crippen LogP contribution is -2.40. The molecule has 1 aliphatic rings. The molecule has 2 heterocycles. The molecule has 0 aliphatic heterocycles. The number of hydrogen-bond donors (Lipinski definition) is 2. The van der Waals surface area contributed by atoms with Crippen molar-refractivity contribution in [2.45, 2.75) is 44.7 Å². The van der Waals surface area contributed by atoms with Crippen LogP contribution in [0.1, 0.15) is 47.8 Å².